The minimum atomic E-state index is -5.93. The first-order valence-electron chi connectivity index (χ1n) is 9.25. The lowest BCUT2D eigenvalue weighted by Gasteiger charge is -2.18. The standard InChI is InChI=1S/C21H19F5N4O2/c1-12-9-13(3-8-17(12)27)10-30-11-16(18(29-30)20(22,23)21(24,25)26)19(31)28-14-4-6-15(32-2)7-5-14/h3-9,11H,10,27H2,1-2H3,(H,28,31). The Labute approximate surface area is 179 Å². The molecule has 0 aliphatic rings. The third kappa shape index (κ3) is 4.66. The molecule has 6 nitrogen and oxygen atoms in total. The number of anilines is 2. The Morgan fingerprint density at radius 2 is 1.78 bits per heavy atom. The van der Waals surface area contributed by atoms with Gasteiger partial charge in [-0.2, -0.15) is 27.1 Å². The molecule has 1 heterocycles. The predicted octanol–water partition coefficient (Wildman–Crippen LogP) is 4.74. The average Bonchev–Trinajstić information content (AvgIpc) is 3.15. The molecule has 0 saturated carbocycles. The quantitative estimate of drug-likeness (QED) is 0.417. The van der Waals surface area contributed by atoms with Crippen molar-refractivity contribution < 1.29 is 31.5 Å². The second-order valence-corrected chi connectivity index (χ2v) is 7.03. The van der Waals surface area contributed by atoms with E-state index in [9.17, 15) is 26.7 Å². The molecule has 0 aliphatic heterocycles. The smallest absolute Gasteiger partial charge is 0.459 e. The Bertz CT molecular complexity index is 1120. The van der Waals surface area contributed by atoms with Crippen LogP contribution in [0.4, 0.5) is 33.3 Å². The van der Waals surface area contributed by atoms with Crippen molar-refractivity contribution in [1.29, 1.82) is 0 Å². The van der Waals surface area contributed by atoms with Gasteiger partial charge < -0.3 is 15.8 Å². The van der Waals surface area contributed by atoms with E-state index in [1.165, 1.54) is 31.4 Å². The van der Waals surface area contributed by atoms with Gasteiger partial charge >= 0.3 is 12.1 Å². The summed E-state index contributed by atoms with van der Waals surface area (Å²) in [6.45, 7) is 1.58. The number of carbonyl (C=O) groups excluding carboxylic acids is 1. The number of nitrogens with two attached hydrogens (primary N) is 1. The molecule has 0 atom stereocenters. The first kappa shape index (κ1) is 23.0. The van der Waals surface area contributed by atoms with Crippen molar-refractivity contribution in [2.75, 3.05) is 18.2 Å². The number of benzene rings is 2. The summed E-state index contributed by atoms with van der Waals surface area (Å²) in [6, 6.07) is 10.6. The van der Waals surface area contributed by atoms with E-state index in [4.69, 9.17) is 10.5 Å². The number of ether oxygens (including phenoxy) is 1. The van der Waals surface area contributed by atoms with Crippen molar-refractivity contribution >= 4 is 17.3 Å². The second-order valence-electron chi connectivity index (χ2n) is 7.03. The van der Waals surface area contributed by atoms with Crippen molar-refractivity contribution in [2.45, 2.75) is 25.6 Å². The highest BCUT2D eigenvalue weighted by Crippen LogP contribution is 2.44. The van der Waals surface area contributed by atoms with Gasteiger partial charge in [-0.05, 0) is 48.4 Å². The van der Waals surface area contributed by atoms with Crippen LogP contribution in [0.3, 0.4) is 0 Å². The van der Waals surface area contributed by atoms with Crippen LogP contribution in [-0.4, -0.2) is 29.0 Å². The minimum Gasteiger partial charge on any atom is -0.497 e. The minimum absolute atomic E-state index is 0.141. The van der Waals surface area contributed by atoms with E-state index in [-0.39, 0.29) is 12.2 Å². The highest BCUT2D eigenvalue weighted by Gasteiger charge is 2.62. The van der Waals surface area contributed by atoms with Gasteiger partial charge in [-0.1, -0.05) is 12.1 Å². The lowest BCUT2D eigenvalue weighted by Crippen LogP contribution is -2.36. The molecule has 11 heteroatoms. The molecule has 0 saturated heterocycles. The molecule has 3 aromatic rings. The van der Waals surface area contributed by atoms with E-state index < -0.39 is 29.3 Å². The van der Waals surface area contributed by atoms with Crippen LogP contribution in [-0.2, 0) is 12.5 Å². The molecule has 0 aliphatic carbocycles. The molecular formula is C21H19F5N4O2. The molecule has 1 aromatic heterocycles. The van der Waals surface area contributed by atoms with Crippen LogP contribution in [0.5, 0.6) is 5.75 Å². The van der Waals surface area contributed by atoms with Crippen LogP contribution in [0.15, 0.2) is 48.7 Å². The fourth-order valence-electron chi connectivity index (χ4n) is 2.93. The van der Waals surface area contributed by atoms with Gasteiger partial charge in [-0.3, -0.25) is 9.48 Å². The van der Waals surface area contributed by atoms with Crippen molar-refractivity contribution in [3.05, 3.63) is 71.0 Å². The van der Waals surface area contributed by atoms with E-state index >= 15 is 0 Å². The molecule has 0 radical (unpaired) electrons. The number of carbonyl (C=O) groups is 1. The number of nitrogens with one attached hydrogen (secondary N) is 1. The van der Waals surface area contributed by atoms with Crippen LogP contribution in [0.1, 0.15) is 27.2 Å². The molecule has 1 amide bonds. The number of alkyl halides is 5. The van der Waals surface area contributed by atoms with Crippen LogP contribution in [0.2, 0.25) is 0 Å². The third-order valence-corrected chi connectivity index (χ3v) is 4.69. The largest absolute Gasteiger partial charge is 0.497 e. The summed E-state index contributed by atoms with van der Waals surface area (Å²) in [5, 5.41) is 5.72. The van der Waals surface area contributed by atoms with Gasteiger partial charge in [0.2, 0.25) is 0 Å². The summed E-state index contributed by atoms with van der Waals surface area (Å²) in [5.74, 6) is -6.02. The first-order chi connectivity index (χ1) is 14.9. The first-order valence-corrected chi connectivity index (χ1v) is 9.25. The van der Waals surface area contributed by atoms with Crippen LogP contribution in [0.25, 0.3) is 0 Å². The lowest BCUT2D eigenvalue weighted by atomic mass is 10.1. The van der Waals surface area contributed by atoms with Gasteiger partial charge in [0.1, 0.15) is 5.75 Å². The van der Waals surface area contributed by atoms with Gasteiger partial charge in [-0.15, -0.1) is 0 Å². The zero-order valence-corrected chi connectivity index (χ0v) is 17.0. The number of methoxy groups -OCH3 is 1. The molecule has 0 fully saturated rings. The SMILES string of the molecule is COc1ccc(NC(=O)c2cn(Cc3ccc(N)c(C)c3)nc2C(F)(F)C(F)(F)F)cc1. The maximum Gasteiger partial charge on any atom is 0.459 e. The maximum atomic E-state index is 14.2. The number of amides is 1. The van der Waals surface area contributed by atoms with Gasteiger partial charge in [0, 0.05) is 17.6 Å². The molecule has 170 valence electrons. The summed E-state index contributed by atoms with van der Waals surface area (Å²) in [6.07, 6.45) is -5.07. The Morgan fingerprint density at radius 1 is 1.12 bits per heavy atom. The van der Waals surface area contributed by atoms with Crippen LogP contribution in [0, 0.1) is 6.92 Å². The fraction of sp³-hybridized carbons (Fsp3) is 0.238. The summed E-state index contributed by atoms with van der Waals surface area (Å²) in [4.78, 5) is 12.6. The van der Waals surface area contributed by atoms with E-state index in [2.05, 4.69) is 10.4 Å². The number of aryl methyl sites for hydroxylation is 1. The monoisotopic (exact) mass is 454 g/mol. The average molecular weight is 454 g/mol. The normalized spacial score (nSPS) is 12.0. The second kappa shape index (κ2) is 8.48. The Balaban J connectivity index is 1.98. The number of nitrogens with zero attached hydrogens (tertiary/aromatic N) is 2. The molecule has 3 N–H and O–H groups in total. The van der Waals surface area contributed by atoms with Crippen LogP contribution < -0.4 is 15.8 Å². The predicted molar refractivity (Wildman–Crippen MR) is 108 cm³/mol. The summed E-state index contributed by atoms with van der Waals surface area (Å²) in [7, 11) is 1.43. The Morgan fingerprint density at radius 3 is 2.34 bits per heavy atom. The van der Waals surface area contributed by atoms with Crippen molar-refractivity contribution in [1.82, 2.24) is 9.78 Å². The lowest BCUT2D eigenvalue weighted by molar-refractivity contribution is -0.291. The number of hydrogen-bond acceptors (Lipinski definition) is 4. The molecule has 3 rings (SSSR count). The number of rotatable bonds is 6. The molecule has 0 unspecified atom stereocenters. The number of aromatic nitrogens is 2. The zero-order valence-electron chi connectivity index (χ0n) is 17.0. The Kier molecular flexibility index (Phi) is 6.11. The van der Waals surface area contributed by atoms with Crippen LogP contribution >= 0.6 is 0 Å². The maximum absolute atomic E-state index is 14.2. The number of hydrogen-bond donors (Lipinski definition) is 2. The highest BCUT2D eigenvalue weighted by molar-refractivity contribution is 6.05. The molecule has 32 heavy (non-hydrogen) atoms. The number of halogens is 5. The number of nitrogen functional groups attached to an aromatic ring is 1. The van der Waals surface area contributed by atoms with E-state index in [1.54, 1.807) is 25.1 Å². The highest BCUT2D eigenvalue weighted by atomic mass is 19.4. The van der Waals surface area contributed by atoms with Crippen molar-refractivity contribution in [3.63, 3.8) is 0 Å². The summed E-state index contributed by atoms with van der Waals surface area (Å²) in [5.41, 5.74) is 5.11. The molecule has 0 spiro atoms. The molecule has 0 bridgehead atoms. The van der Waals surface area contributed by atoms with Crippen molar-refractivity contribution in [2.24, 2.45) is 0 Å². The summed E-state index contributed by atoms with van der Waals surface area (Å²) < 4.78 is 73.3. The molecule has 2 aromatic carbocycles. The zero-order chi connectivity index (χ0) is 23.7. The van der Waals surface area contributed by atoms with E-state index in [0.717, 1.165) is 10.9 Å². The third-order valence-electron chi connectivity index (χ3n) is 4.69. The molecular weight excluding hydrogens is 435 g/mol. The van der Waals surface area contributed by atoms with E-state index in [1.807, 2.05) is 0 Å². The van der Waals surface area contributed by atoms with Gasteiger partial charge in [0.25, 0.3) is 5.91 Å². The van der Waals surface area contributed by atoms with Crippen molar-refractivity contribution in [3.8, 4) is 5.75 Å². The fourth-order valence-corrected chi connectivity index (χ4v) is 2.93. The van der Waals surface area contributed by atoms with Gasteiger partial charge in [0.05, 0.1) is 19.2 Å². The topological polar surface area (TPSA) is 82.2 Å². The Hall–Kier alpha value is -3.63. The van der Waals surface area contributed by atoms with Gasteiger partial charge in [0.15, 0.2) is 5.69 Å². The van der Waals surface area contributed by atoms with Gasteiger partial charge in [-0.25, -0.2) is 0 Å². The van der Waals surface area contributed by atoms with E-state index in [0.29, 0.717) is 22.6 Å². The summed E-state index contributed by atoms with van der Waals surface area (Å²) >= 11 is 0.